The SMILES string of the molecule is CCNC(C)CCC/N=C1\CCCS1. The maximum atomic E-state index is 4.61. The summed E-state index contributed by atoms with van der Waals surface area (Å²) < 4.78 is 0. The molecule has 0 radical (unpaired) electrons. The lowest BCUT2D eigenvalue weighted by Gasteiger charge is -2.10. The molecular formula is C11H22N2S. The lowest BCUT2D eigenvalue weighted by Crippen LogP contribution is -2.25. The van der Waals surface area contributed by atoms with Crippen LogP contribution in [-0.2, 0) is 0 Å². The third-order valence-corrected chi connectivity index (χ3v) is 3.60. The van der Waals surface area contributed by atoms with Gasteiger partial charge in [0.2, 0.25) is 0 Å². The van der Waals surface area contributed by atoms with Gasteiger partial charge in [0.15, 0.2) is 0 Å². The van der Waals surface area contributed by atoms with Crippen molar-refractivity contribution in [3.05, 3.63) is 0 Å². The van der Waals surface area contributed by atoms with E-state index in [2.05, 4.69) is 24.2 Å². The van der Waals surface area contributed by atoms with Gasteiger partial charge in [0.1, 0.15) is 0 Å². The third kappa shape index (κ3) is 5.01. The first-order valence-electron chi connectivity index (χ1n) is 5.72. The minimum absolute atomic E-state index is 0.649. The average Bonchev–Trinajstić information content (AvgIpc) is 2.65. The fourth-order valence-electron chi connectivity index (χ4n) is 1.66. The third-order valence-electron chi connectivity index (χ3n) is 2.44. The fourth-order valence-corrected chi connectivity index (χ4v) is 2.66. The zero-order valence-electron chi connectivity index (χ0n) is 9.38. The highest BCUT2D eigenvalue weighted by Crippen LogP contribution is 2.20. The molecule has 0 bridgehead atoms. The molecule has 1 heterocycles. The molecule has 2 nitrogen and oxygen atoms in total. The molecule has 0 aromatic heterocycles. The van der Waals surface area contributed by atoms with Gasteiger partial charge in [0.05, 0.1) is 5.04 Å². The van der Waals surface area contributed by atoms with E-state index in [0.29, 0.717) is 6.04 Å². The van der Waals surface area contributed by atoms with Crippen LogP contribution in [0, 0.1) is 0 Å². The molecule has 1 atom stereocenters. The van der Waals surface area contributed by atoms with Gasteiger partial charge in [-0.1, -0.05) is 6.92 Å². The minimum Gasteiger partial charge on any atom is -0.315 e. The van der Waals surface area contributed by atoms with Crippen LogP contribution >= 0.6 is 11.8 Å². The van der Waals surface area contributed by atoms with Crippen molar-refractivity contribution in [2.75, 3.05) is 18.8 Å². The molecule has 0 aliphatic carbocycles. The molecule has 1 aliphatic rings. The van der Waals surface area contributed by atoms with Crippen LogP contribution in [0.4, 0.5) is 0 Å². The summed E-state index contributed by atoms with van der Waals surface area (Å²) in [5, 5.41) is 4.81. The van der Waals surface area contributed by atoms with Crippen LogP contribution in [0.25, 0.3) is 0 Å². The van der Waals surface area contributed by atoms with Gasteiger partial charge in [0.25, 0.3) is 0 Å². The van der Waals surface area contributed by atoms with E-state index in [1.54, 1.807) is 0 Å². The lowest BCUT2D eigenvalue weighted by atomic mass is 10.2. The molecule has 1 N–H and O–H groups in total. The Hall–Kier alpha value is -0.0200. The van der Waals surface area contributed by atoms with Crippen LogP contribution in [0.2, 0.25) is 0 Å². The van der Waals surface area contributed by atoms with Gasteiger partial charge in [-0.05, 0) is 44.9 Å². The number of thioether (sulfide) groups is 1. The van der Waals surface area contributed by atoms with Crippen molar-refractivity contribution in [2.45, 2.75) is 45.6 Å². The quantitative estimate of drug-likeness (QED) is 0.688. The van der Waals surface area contributed by atoms with E-state index in [4.69, 9.17) is 0 Å². The summed E-state index contributed by atoms with van der Waals surface area (Å²) in [5.41, 5.74) is 0. The van der Waals surface area contributed by atoms with Crippen LogP contribution in [0.5, 0.6) is 0 Å². The van der Waals surface area contributed by atoms with Crippen LogP contribution in [-0.4, -0.2) is 29.9 Å². The van der Waals surface area contributed by atoms with Crippen molar-refractivity contribution < 1.29 is 0 Å². The number of hydrogen-bond donors (Lipinski definition) is 1. The van der Waals surface area contributed by atoms with E-state index in [9.17, 15) is 0 Å². The Morgan fingerprint density at radius 1 is 1.57 bits per heavy atom. The van der Waals surface area contributed by atoms with Crippen molar-refractivity contribution in [1.29, 1.82) is 0 Å². The fraction of sp³-hybridized carbons (Fsp3) is 0.909. The van der Waals surface area contributed by atoms with Crippen molar-refractivity contribution >= 4 is 16.8 Å². The van der Waals surface area contributed by atoms with Crippen molar-refractivity contribution in [3.63, 3.8) is 0 Å². The molecule has 1 saturated heterocycles. The molecule has 1 unspecified atom stereocenters. The standard InChI is InChI=1S/C11H22N2S/c1-3-12-10(2)6-4-8-13-11-7-5-9-14-11/h10,12H,3-9H2,1-2H3/b13-11+. The molecule has 1 aliphatic heterocycles. The first-order chi connectivity index (χ1) is 6.83. The molecule has 0 amide bonds. The Bertz CT molecular complexity index is 172. The zero-order valence-corrected chi connectivity index (χ0v) is 10.2. The Morgan fingerprint density at radius 2 is 2.43 bits per heavy atom. The molecule has 14 heavy (non-hydrogen) atoms. The normalized spacial score (nSPS) is 21.7. The maximum Gasteiger partial charge on any atom is 0.0676 e. The highest BCUT2D eigenvalue weighted by Gasteiger charge is 2.07. The summed E-state index contributed by atoms with van der Waals surface area (Å²) in [6.45, 7) is 6.51. The van der Waals surface area contributed by atoms with Crippen molar-refractivity contribution in [1.82, 2.24) is 5.32 Å². The largest absolute Gasteiger partial charge is 0.315 e. The second kappa shape index (κ2) is 7.30. The smallest absolute Gasteiger partial charge is 0.0676 e. The van der Waals surface area contributed by atoms with Crippen LogP contribution in [0.3, 0.4) is 0 Å². The summed E-state index contributed by atoms with van der Waals surface area (Å²) >= 11 is 1.95. The second-order valence-corrected chi connectivity index (χ2v) is 5.00. The zero-order chi connectivity index (χ0) is 10.2. The highest BCUT2D eigenvalue weighted by atomic mass is 32.2. The summed E-state index contributed by atoms with van der Waals surface area (Å²) in [6, 6.07) is 0.649. The van der Waals surface area contributed by atoms with Gasteiger partial charge in [-0.2, -0.15) is 0 Å². The molecule has 0 aromatic carbocycles. The number of rotatable bonds is 6. The van der Waals surface area contributed by atoms with E-state index in [-0.39, 0.29) is 0 Å². The monoisotopic (exact) mass is 214 g/mol. The molecule has 1 fully saturated rings. The first kappa shape index (κ1) is 12.1. The van der Waals surface area contributed by atoms with E-state index in [0.717, 1.165) is 13.1 Å². The Morgan fingerprint density at radius 3 is 3.07 bits per heavy atom. The molecule has 0 aromatic rings. The van der Waals surface area contributed by atoms with E-state index in [1.165, 1.54) is 36.5 Å². The summed E-state index contributed by atoms with van der Waals surface area (Å²) in [6.07, 6.45) is 5.03. The Kier molecular flexibility index (Phi) is 6.28. The first-order valence-corrected chi connectivity index (χ1v) is 6.71. The van der Waals surface area contributed by atoms with Gasteiger partial charge >= 0.3 is 0 Å². The average molecular weight is 214 g/mol. The van der Waals surface area contributed by atoms with Gasteiger partial charge in [-0.3, -0.25) is 4.99 Å². The number of aliphatic imine (C=N–C) groups is 1. The minimum atomic E-state index is 0.649. The maximum absolute atomic E-state index is 4.61. The van der Waals surface area contributed by atoms with Crippen molar-refractivity contribution in [2.24, 2.45) is 4.99 Å². The van der Waals surface area contributed by atoms with E-state index >= 15 is 0 Å². The second-order valence-electron chi connectivity index (χ2n) is 3.83. The predicted molar refractivity (Wildman–Crippen MR) is 66.4 cm³/mol. The van der Waals surface area contributed by atoms with Gasteiger partial charge in [-0.25, -0.2) is 0 Å². The van der Waals surface area contributed by atoms with E-state index in [1.807, 2.05) is 11.8 Å². The van der Waals surface area contributed by atoms with Crippen LogP contribution in [0.15, 0.2) is 4.99 Å². The Balaban J connectivity index is 2.00. The summed E-state index contributed by atoms with van der Waals surface area (Å²) in [7, 11) is 0. The number of nitrogens with zero attached hydrogens (tertiary/aromatic N) is 1. The number of hydrogen-bond acceptors (Lipinski definition) is 3. The molecule has 0 saturated carbocycles. The topological polar surface area (TPSA) is 24.4 Å². The summed E-state index contributed by atoms with van der Waals surface area (Å²) in [5.74, 6) is 1.28. The predicted octanol–water partition coefficient (Wildman–Crippen LogP) is 2.69. The molecule has 3 heteroatoms. The van der Waals surface area contributed by atoms with Crippen molar-refractivity contribution in [3.8, 4) is 0 Å². The van der Waals surface area contributed by atoms with E-state index < -0.39 is 0 Å². The summed E-state index contributed by atoms with van der Waals surface area (Å²) in [4.78, 5) is 4.61. The lowest BCUT2D eigenvalue weighted by molar-refractivity contribution is 0.516. The molecule has 1 rings (SSSR count). The Labute approximate surface area is 92.0 Å². The van der Waals surface area contributed by atoms with Gasteiger partial charge in [-0.15, -0.1) is 11.8 Å². The van der Waals surface area contributed by atoms with Crippen LogP contribution in [0.1, 0.15) is 39.5 Å². The molecule has 82 valence electrons. The van der Waals surface area contributed by atoms with Crippen LogP contribution < -0.4 is 5.32 Å². The van der Waals surface area contributed by atoms with Gasteiger partial charge < -0.3 is 5.32 Å². The number of nitrogens with one attached hydrogen (secondary N) is 1. The van der Waals surface area contributed by atoms with Gasteiger partial charge in [0, 0.05) is 12.6 Å². The molecular weight excluding hydrogens is 192 g/mol. The molecule has 0 spiro atoms. The highest BCUT2D eigenvalue weighted by molar-refractivity contribution is 8.14.